The lowest BCUT2D eigenvalue weighted by Gasteiger charge is -1.98. The summed E-state index contributed by atoms with van der Waals surface area (Å²) in [5.41, 5.74) is 2.52. The molecule has 0 saturated heterocycles. The van der Waals surface area contributed by atoms with Crippen LogP contribution >= 0.6 is 0 Å². The molecule has 1 N–H and O–H groups in total. The first-order valence-corrected chi connectivity index (χ1v) is 5.95. The van der Waals surface area contributed by atoms with E-state index in [1.807, 2.05) is 0 Å². The van der Waals surface area contributed by atoms with Crippen molar-refractivity contribution in [1.29, 1.82) is 0 Å². The highest BCUT2D eigenvalue weighted by molar-refractivity contribution is 5.94. The molecule has 106 valence electrons. The molecule has 2 aromatic rings. The molecule has 0 saturated carbocycles. The van der Waals surface area contributed by atoms with Gasteiger partial charge in [-0.3, -0.25) is 14.9 Å². The Morgan fingerprint density at radius 1 is 1.29 bits per heavy atom. The molecule has 0 radical (unpaired) electrons. The molecule has 7 heteroatoms. The maximum absolute atomic E-state index is 11.7. The Balaban J connectivity index is 1.88. The molecule has 0 bridgehead atoms. The Morgan fingerprint density at radius 2 is 2.05 bits per heavy atom. The Morgan fingerprint density at radius 3 is 2.67 bits per heavy atom. The molecule has 0 aliphatic rings. The first-order chi connectivity index (χ1) is 10.2. The average Bonchev–Trinajstić information content (AvgIpc) is 3.00. The van der Waals surface area contributed by atoms with Gasteiger partial charge >= 0.3 is 0 Å². The second-order valence-corrected chi connectivity index (χ2v) is 3.90. The molecule has 1 heterocycles. The number of amides is 1. The van der Waals surface area contributed by atoms with Gasteiger partial charge in [0.15, 0.2) is 0 Å². The lowest BCUT2D eigenvalue weighted by Crippen LogP contribution is -2.17. The van der Waals surface area contributed by atoms with E-state index in [2.05, 4.69) is 10.5 Å². The summed E-state index contributed by atoms with van der Waals surface area (Å²) >= 11 is 0. The highest BCUT2D eigenvalue weighted by Crippen LogP contribution is 2.11. The number of carbonyl (C=O) groups is 1. The highest BCUT2D eigenvalue weighted by Gasteiger charge is 2.08. The molecule has 0 fully saturated rings. The van der Waals surface area contributed by atoms with Crippen LogP contribution in [0.15, 0.2) is 58.3 Å². The van der Waals surface area contributed by atoms with Crippen LogP contribution in [-0.4, -0.2) is 17.0 Å². The molecule has 1 aromatic carbocycles. The van der Waals surface area contributed by atoms with Gasteiger partial charge in [0.2, 0.25) is 0 Å². The lowest BCUT2D eigenvalue weighted by atomic mass is 10.2. The number of rotatable bonds is 5. The minimum Gasteiger partial charge on any atom is -0.465 e. The molecule has 1 amide bonds. The zero-order valence-corrected chi connectivity index (χ0v) is 10.8. The highest BCUT2D eigenvalue weighted by atomic mass is 16.6. The van der Waals surface area contributed by atoms with Crippen LogP contribution in [0.3, 0.4) is 0 Å². The maximum atomic E-state index is 11.7. The Hall–Kier alpha value is -3.22. The molecular formula is C14H11N3O4. The third-order valence-corrected chi connectivity index (χ3v) is 2.47. The third kappa shape index (κ3) is 4.13. The zero-order valence-electron chi connectivity index (χ0n) is 10.8. The van der Waals surface area contributed by atoms with Crippen molar-refractivity contribution >= 4 is 23.9 Å². The number of non-ortho nitro benzene ring substituents is 1. The number of hydrogen-bond donors (Lipinski definition) is 1. The summed E-state index contributed by atoms with van der Waals surface area (Å²) in [6.45, 7) is 0. The SMILES string of the molecule is O=C(N/N=C\C=C\c1ccco1)c1ccc([N+](=O)[O-])cc1. The van der Waals surface area contributed by atoms with Crippen molar-refractivity contribution in [3.8, 4) is 0 Å². The lowest BCUT2D eigenvalue weighted by molar-refractivity contribution is -0.384. The summed E-state index contributed by atoms with van der Waals surface area (Å²) in [4.78, 5) is 21.6. The van der Waals surface area contributed by atoms with E-state index in [1.165, 1.54) is 30.5 Å². The van der Waals surface area contributed by atoms with E-state index < -0.39 is 10.8 Å². The maximum Gasteiger partial charge on any atom is 0.271 e. The summed E-state index contributed by atoms with van der Waals surface area (Å²) in [7, 11) is 0. The van der Waals surface area contributed by atoms with Crippen LogP contribution in [0, 0.1) is 10.1 Å². The quantitative estimate of drug-likeness (QED) is 0.518. The van der Waals surface area contributed by atoms with Gasteiger partial charge in [0.05, 0.1) is 11.2 Å². The van der Waals surface area contributed by atoms with Crippen LogP contribution in [0.4, 0.5) is 5.69 Å². The molecule has 0 spiro atoms. The topological polar surface area (TPSA) is 97.7 Å². The minimum absolute atomic E-state index is 0.0727. The van der Waals surface area contributed by atoms with Crippen LogP contribution in [0.1, 0.15) is 16.1 Å². The standard InChI is InChI=1S/C14H11N3O4/c18-14(11-5-7-12(8-6-11)17(19)20)16-15-9-1-3-13-4-2-10-21-13/h1-10H,(H,16,18)/b3-1+,15-9-. The number of allylic oxidation sites excluding steroid dienone is 1. The van der Waals surface area contributed by atoms with Crippen molar-refractivity contribution in [2.45, 2.75) is 0 Å². The van der Waals surface area contributed by atoms with Gasteiger partial charge in [-0.05, 0) is 36.4 Å². The van der Waals surface area contributed by atoms with E-state index in [0.29, 0.717) is 5.76 Å². The summed E-state index contributed by atoms with van der Waals surface area (Å²) in [5.74, 6) is 0.218. The van der Waals surface area contributed by atoms with Gasteiger partial charge in [-0.25, -0.2) is 5.43 Å². The van der Waals surface area contributed by atoms with Gasteiger partial charge < -0.3 is 4.42 Å². The predicted molar refractivity (Wildman–Crippen MR) is 76.8 cm³/mol. The summed E-state index contributed by atoms with van der Waals surface area (Å²) < 4.78 is 5.07. The van der Waals surface area contributed by atoms with Crippen LogP contribution < -0.4 is 5.43 Å². The fourth-order valence-electron chi connectivity index (χ4n) is 1.46. The molecule has 0 atom stereocenters. The first kappa shape index (κ1) is 14.2. The van der Waals surface area contributed by atoms with E-state index >= 15 is 0 Å². The second-order valence-electron chi connectivity index (χ2n) is 3.90. The van der Waals surface area contributed by atoms with Crippen LogP contribution in [0.2, 0.25) is 0 Å². The Labute approximate surface area is 119 Å². The van der Waals surface area contributed by atoms with Gasteiger partial charge in [0, 0.05) is 23.9 Å². The van der Waals surface area contributed by atoms with E-state index in [0.717, 1.165) is 0 Å². The van der Waals surface area contributed by atoms with E-state index in [1.54, 1.807) is 30.5 Å². The van der Waals surface area contributed by atoms with Gasteiger partial charge in [-0.15, -0.1) is 0 Å². The first-order valence-electron chi connectivity index (χ1n) is 5.95. The predicted octanol–water partition coefficient (Wildman–Crippen LogP) is 2.62. The molecular weight excluding hydrogens is 274 g/mol. The summed E-state index contributed by atoms with van der Waals surface area (Å²) in [6, 6.07) is 8.78. The number of nitro benzene ring substituents is 1. The fraction of sp³-hybridized carbons (Fsp3) is 0. The molecule has 21 heavy (non-hydrogen) atoms. The number of hydrogen-bond acceptors (Lipinski definition) is 5. The van der Waals surface area contributed by atoms with Crippen LogP contribution in [0.5, 0.6) is 0 Å². The second kappa shape index (κ2) is 6.80. The van der Waals surface area contributed by atoms with E-state index in [4.69, 9.17) is 4.42 Å². The smallest absolute Gasteiger partial charge is 0.271 e. The number of nitrogens with zero attached hydrogens (tertiary/aromatic N) is 2. The van der Waals surface area contributed by atoms with Crippen molar-refractivity contribution in [2.24, 2.45) is 5.10 Å². The van der Waals surface area contributed by atoms with Crippen molar-refractivity contribution in [3.63, 3.8) is 0 Å². The van der Waals surface area contributed by atoms with Gasteiger partial charge in [-0.1, -0.05) is 0 Å². The summed E-state index contributed by atoms with van der Waals surface area (Å²) in [5, 5.41) is 14.2. The fourth-order valence-corrected chi connectivity index (χ4v) is 1.46. The zero-order chi connectivity index (χ0) is 15.1. The molecule has 7 nitrogen and oxygen atoms in total. The average molecular weight is 285 g/mol. The van der Waals surface area contributed by atoms with Gasteiger partial charge in [-0.2, -0.15) is 5.10 Å². The number of nitrogens with one attached hydrogen (secondary N) is 1. The molecule has 0 aliphatic heterocycles. The Kier molecular flexibility index (Phi) is 4.60. The van der Waals surface area contributed by atoms with Gasteiger partial charge in [0.25, 0.3) is 11.6 Å². The van der Waals surface area contributed by atoms with Crippen molar-refractivity contribution < 1.29 is 14.1 Å². The number of carbonyl (C=O) groups excluding carboxylic acids is 1. The van der Waals surface area contributed by atoms with Crippen molar-refractivity contribution in [1.82, 2.24) is 5.43 Å². The molecule has 0 unspecified atom stereocenters. The van der Waals surface area contributed by atoms with E-state index in [-0.39, 0.29) is 11.3 Å². The number of hydrazone groups is 1. The van der Waals surface area contributed by atoms with Crippen molar-refractivity contribution in [3.05, 3.63) is 70.2 Å². The minimum atomic E-state index is -0.529. The number of benzene rings is 1. The Bertz CT molecular complexity index is 673. The van der Waals surface area contributed by atoms with Crippen molar-refractivity contribution in [2.75, 3.05) is 0 Å². The normalized spacial score (nSPS) is 11.0. The largest absolute Gasteiger partial charge is 0.465 e. The number of nitro groups is 1. The molecule has 1 aromatic heterocycles. The number of furan rings is 1. The molecule has 2 rings (SSSR count). The van der Waals surface area contributed by atoms with Crippen LogP contribution in [0.25, 0.3) is 6.08 Å². The summed E-state index contributed by atoms with van der Waals surface area (Å²) in [6.07, 6.45) is 6.23. The monoisotopic (exact) mass is 285 g/mol. The van der Waals surface area contributed by atoms with Gasteiger partial charge in [0.1, 0.15) is 5.76 Å². The van der Waals surface area contributed by atoms with Crippen LogP contribution in [-0.2, 0) is 0 Å². The third-order valence-electron chi connectivity index (χ3n) is 2.47. The van der Waals surface area contributed by atoms with E-state index in [9.17, 15) is 14.9 Å². The molecule has 0 aliphatic carbocycles.